The van der Waals surface area contributed by atoms with Gasteiger partial charge in [0.2, 0.25) is 0 Å². The van der Waals surface area contributed by atoms with Crippen molar-refractivity contribution >= 4 is 22.9 Å². The Morgan fingerprint density at radius 3 is 2.71 bits per heavy atom. The van der Waals surface area contributed by atoms with Gasteiger partial charge in [-0.25, -0.2) is 0 Å². The molecule has 0 bridgehead atoms. The Morgan fingerprint density at radius 2 is 2.12 bits per heavy atom. The fraction of sp³-hybridized carbons (Fsp3) is 0.214. The van der Waals surface area contributed by atoms with Gasteiger partial charge in [-0.1, -0.05) is 18.2 Å². The molecule has 0 saturated carbocycles. The van der Waals surface area contributed by atoms with Crippen LogP contribution in [0.4, 0.5) is 5.69 Å². The predicted octanol–water partition coefficient (Wildman–Crippen LogP) is 3.72. The van der Waals surface area contributed by atoms with Crippen molar-refractivity contribution in [2.45, 2.75) is 13.8 Å². The molecule has 0 aliphatic carbocycles. The molecule has 0 saturated heterocycles. The third-order valence-electron chi connectivity index (χ3n) is 2.61. The summed E-state index contributed by atoms with van der Waals surface area (Å²) in [5.41, 5.74) is 2.13. The van der Waals surface area contributed by atoms with Crippen molar-refractivity contribution in [3.8, 4) is 0 Å². The van der Waals surface area contributed by atoms with Crippen LogP contribution in [0.1, 0.15) is 22.2 Å². The van der Waals surface area contributed by atoms with E-state index in [1.807, 2.05) is 55.6 Å². The Morgan fingerprint density at radius 1 is 1.29 bits per heavy atom. The summed E-state index contributed by atoms with van der Waals surface area (Å²) in [4.78, 5) is 14.9. The number of benzene rings is 1. The number of nitrogens with zero attached hydrogens (tertiary/aromatic N) is 1. The number of thiophene rings is 1. The molecule has 0 fully saturated rings. The number of anilines is 1. The van der Waals surface area contributed by atoms with Crippen molar-refractivity contribution in [2.75, 3.05) is 11.4 Å². The van der Waals surface area contributed by atoms with Gasteiger partial charge >= 0.3 is 0 Å². The summed E-state index contributed by atoms with van der Waals surface area (Å²) in [6.45, 7) is 4.71. The van der Waals surface area contributed by atoms with Crippen LogP contribution in [0.5, 0.6) is 0 Å². The second-order valence-corrected chi connectivity index (χ2v) is 4.81. The van der Waals surface area contributed by atoms with Crippen LogP contribution in [0.15, 0.2) is 41.8 Å². The fourth-order valence-electron chi connectivity index (χ4n) is 1.77. The number of amides is 1. The average molecular weight is 245 g/mol. The molecule has 88 valence electrons. The molecule has 2 nitrogen and oxygen atoms in total. The van der Waals surface area contributed by atoms with Gasteiger partial charge in [-0.2, -0.15) is 0 Å². The van der Waals surface area contributed by atoms with Crippen molar-refractivity contribution in [1.82, 2.24) is 0 Å². The predicted molar refractivity (Wildman–Crippen MR) is 72.8 cm³/mol. The Hall–Kier alpha value is -1.61. The van der Waals surface area contributed by atoms with Crippen molar-refractivity contribution in [3.05, 3.63) is 52.2 Å². The van der Waals surface area contributed by atoms with Gasteiger partial charge in [-0.3, -0.25) is 4.79 Å². The molecule has 1 aromatic heterocycles. The monoisotopic (exact) mass is 245 g/mol. The molecule has 1 heterocycles. The second kappa shape index (κ2) is 5.15. The molecule has 0 unspecified atom stereocenters. The summed E-state index contributed by atoms with van der Waals surface area (Å²) in [5, 5.41) is 1.93. The molecule has 1 amide bonds. The Bertz CT molecular complexity index is 505. The van der Waals surface area contributed by atoms with E-state index in [-0.39, 0.29) is 5.91 Å². The molecule has 17 heavy (non-hydrogen) atoms. The minimum absolute atomic E-state index is 0.0769. The van der Waals surface area contributed by atoms with Crippen LogP contribution in [-0.2, 0) is 0 Å². The maximum atomic E-state index is 12.3. The lowest BCUT2D eigenvalue weighted by Crippen LogP contribution is -2.29. The van der Waals surface area contributed by atoms with Gasteiger partial charge in [0.1, 0.15) is 0 Å². The molecule has 0 aliphatic rings. The number of rotatable bonds is 3. The third kappa shape index (κ3) is 2.56. The van der Waals surface area contributed by atoms with Crippen LogP contribution >= 0.6 is 11.3 Å². The first kappa shape index (κ1) is 11.9. The van der Waals surface area contributed by atoms with Crippen molar-refractivity contribution < 1.29 is 4.79 Å². The third-order valence-corrected chi connectivity index (χ3v) is 3.46. The van der Waals surface area contributed by atoms with Crippen molar-refractivity contribution in [3.63, 3.8) is 0 Å². The van der Waals surface area contributed by atoms with Crippen molar-refractivity contribution in [1.29, 1.82) is 0 Å². The molecule has 1 aromatic carbocycles. The minimum Gasteiger partial charge on any atom is -0.308 e. The molecular formula is C14H15NOS. The quantitative estimate of drug-likeness (QED) is 0.807. The smallest absolute Gasteiger partial charge is 0.268 e. The topological polar surface area (TPSA) is 20.3 Å². The molecule has 2 rings (SSSR count). The van der Waals surface area contributed by atoms with Crippen LogP contribution in [0, 0.1) is 6.92 Å². The highest BCUT2D eigenvalue weighted by atomic mass is 32.1. The highest BCUT2D eigenvalue weighted by Gasteiger charge is 2.16. The Kier molecular flexibility index (Phi) is 3.59. The SMILES string of the molecule is CCN(C(=O)c1cccs1)c1cccc(C)c1. The summed E-state index contributed by atoms with van der Waals surface area (Å²) >= 11 is 1.48. The van der Waals surface area contributed by atoms with E-state index in [1.165, 1.54) is 16.9 Å². The lowest BCUT2D eigenvalue weighted by Gasteiger charge is -2.20. The van der Waals surface area contributed by atoms with Crippen molar-refractivity contribution in [2.24, 2.45) is 0 Å². The summed E-state index contributed by atoms with van der Waals surface area (Å²) in [6.07, 6.45) is 0. The highest BCUT2D eigenvalue weighted by molar-refractivity contribution is 7.12. The van der Waals surface area contributed by atoms with E-state index in [0.29, 0.717) is 6.54 Å². The van der Waals surface area contributed by atoms with E-state index in [0.717, 1.165) is 10.6 Å². The van der Waals surface area contributed by atoms with E-state index in [4.69, 9.17) is 0 Å². The molecule has 0 atom stereocenters. The number of aryl methyl sites for hydroxylation is 1. The average Bonchev–Trinajstić information content (AvgIpc) is 2.83. The van der Waals surface area contributed by atoms with Gasteiger partial charge in [0.05, 0.1) is 4.88 Å². The molecule has 0 N–H and O–H groups in total. The van der Waals surface area contributed by atoms with Crippen LogP contribution in [0.3, 0.4) is 0 Å². The maximum Gasteiger partial charge on any atom is 0.268 e. The first-order valence-corrected chi connectivity index (χ1v) is 6.52. The van der Waals surface area contributed by atoms with Gasteiger partial charge in [0.15, 0.2) is 0 Å². The van der Waals surface area contributed by atoms with E-state index >= 15 is 0 Å². The number of hydrogen-bond acceptors (Lipinski definition) is 2. The first-order valence-electron chi connectivity index (χ1n) is 5.64. The highest BCUT2D eigenvalue weighted by Crippen LogP contribution is 2.20. The van der Waals surface area contributed by atoms with Gasteiger partial charge in [-0.15, -0.1) is 11.3 Å². The Labute approximate surface area is 106 Å². The Balaban J connectivity index is 2.31. The van der Waals surface area contributed by atoms with E-state index in [1.54, 1.807) is 4.90 Å². The number of carbonyl (C=O) groups excluding carboxylic acids is 1. The van der Waals surface area contributed by atoms with Gasteiger partial charge < -0.3 is 4.90 Å². The fourth-order valence-corrected chi connectivity index (χ4v) is 2.44. The largest absolute Gasteiger partial charge is 0.308 e. The molecule has 3 heteroatoms. The van der Waals surface area contributed by atoms with Crippen LogP contribution in [0.2, 0.25) is 0 Å². The summed E-state index contributed by atoms with van der Waals surface area (Å²) in [6, 6.07) is 11.8. The standard InChI is InChI=1S/C14H15NOS/c1-3-15(12-7-4-6-11(2)10-12)14(16)13-8-5-9-17-13/h4-10H,3H2,1-2H3. The summed E-state index contributed by atoms with van der Waals surface area (Å²) in [7, 11) is 0. The van der Waals surface area contributed by atoms with Gasteiger partial charge in [0, 0.05) is 12.2 Å². The zero-order chi connectivity index (χ0) is 12.3. The van der Waals surface area contributed by atoms with Gasteiger partial charge in [0.25, 0.3) is 5.91 Å². The summed E-state index contributed by atoms with van der Waals surface area (Å²) in [5.74, 6) is 0.0769. The number of hydrogen-bond donors (Lipinski definition) is 0. The van der Waals surface area contributed by atoms with Crippen LogP contribution < -0.4 is 4.90 Å². The zero-order valence-corrected chi connectivity index (χ0v) is 10.8. The summed E-state index contributed by atoms with van der Waals surface area (Å²) < 4.78 is 0. The maximum absolute atomic E-state index is 12.3. The molecule has 0 radical (unpaired) electrons. The first-order chi connectivity index (χ1) is 8.22. The van der Waals surface area contributed by atoms with Gasteiger partial charge in [-0.05, 0) is 43.0 Å². The van der Waals surface area contributed by atoms with Crippen LogP contribution in [-0.4, -0.2) is 12.5 Å². The zero-order valence-electron chi connectivity index (χ0n) is 10.0. The lowest BCUT2D eigenvalue weighted by atomic mass is 10.2. The van der Waals surface area contributed by atoms with E-state index < -0.39 is 0 Å². The van der Waals surface area contributed by atoms with Crippen LogP contribution in [0.25, 0.3) is 0 Å². The molecular weight excluding hydrogens is 230 g/mol. The lowest BCUT2D eigenvalue weighted by molar-refractivity contribution is 0.0992. The normalized spacial score (nSPS) is 10.2. The molecule has 0 aliphatic heterocycles. The van der Waals surface area contributed by atoms with E-state index in [9.17, 15) is 4.79 Å². The molecule has 0 spiro atoms. The number of carbonyl (C=O) groups is 1. The minimum atomic E-state index is 0.0769. The molecule has 2 aromatic rings. The van der Waals surface area contributed by atoms with E-state index in [2.05, 4.69) is 0 Å². The second-order valence-electron chi connectivity index (χ2n) is 3.87.